The molecule has 0 aliphatic heterocycles. The fourth-order valence-electron chi connectivity index (χ4n) is 1.43. The predicted octanol–water partition coefficient (Wildman–Crippen LogP) is 3.42. The fraction of sp³-hybridized carbons (Fsp3) is 0.400. The second-order valence-electron chi connectivity index (χ2n) is 3.51. The van der Waals surface area contributed by atoms with Gasteiger partial charge in [-0.3, -0.25) is 0 Å². The van der Waals surface area contributed by atoms with Gasteiger partial charge >= 0.3 is 12.1 Å². The van der Waals surface area contributed by atoms with Gasteiger partial charge in [0.15, 0.2) is 0 Å². The van der Waals surface area contributed by atoms with Crippen molar-refractivity contribution in [2.24, 2.45) is 0 Å². The molecule has 0 heterocycles. The monoisotopic (exact) mass is 275 g/mol. The Morgan fingerprint density at radius 3 is 2.00 bits per heavy atom. The maximum Gasteiger partial charge on any atom is 0.455 e. The van der Waals surface area contributed by atoms with E-state index in [1.54, 1.807) is 5.32 Å². The Bertz CT molecular complexity index is 427. The third-order valence-corrected chi connectivity index (χ3v) is 2.30. The minimum absolute atomic E-state index is 0.242. The molecule has 1 atom stereocenters. The van der Waals surface area contributed by atoms with E-state index in [0.717, 1.165) is 7.05 Å². The predicted molar refractivity (Wildman–Crippen MR) is 49.2 cm³/mol. The van der Waals surface area contributed by atoms with Crippen LogP contribution in [0.3, 0.4) is 0 Å². The Morgan fingerprint density at radius 1 is 1.06 bits per heavy atom. The summed E-state index contributed by atoms with van der Waals surface area (Å²) in [5.41, 5.74) is -0.957. The van der Waals surface area contributed by atoms with Crippen molar-refractivity contribution >= 4 is 0 Å². The highest BCUT2D eigenvalue weighted by molar-refractivity contribution is 5.24. The van der Waals surface area contributed by atoms with E-state index in [2.05, 4.69) is 0 Å². The van der Waals surface area contributed by atoms with Gasteiger partial charge in [-0.2, -0.15) is 22.0 Å². The molecule has 1 rings (SSSR count). The third kappa shape index (κ3) is 2.58. The highest BCUT2D eigenvalue weighted by Crippen LogP contribution is 2.44. The highest BCUT2D eigenvalue weighted by atomic mass is 19.4. The van der Waals surface area contributed by atoms with Crippen LogP contribution in [0, 0.1) is 11.6 Å². The van der Waals surface area contributed by atoms with Gasteiger partial charge in [0.2, 0.25) is 0 Å². The molecule has 0 saturated heterocycles. The van der Waals surface area contributed by atoms with Gasteiger partial charge in [-0.05, 0) is 13.1 Å². The van der Waals surface area contributed by atoms with E-state index in [1.165, 1.54) is 0 Å². The number of hydrogen-bond donors (Lipinski definition) is 1. The molecule has 0 aromatic heterocycles. The average molecular weight is 275 g/mol. The van der Waals surface area contributed by atoms with E-state index in [0.29, 0.717) is 12.1 Å². The summed E-state index contributed by atoms with van der Waals surface area (Å²) in [7, 11) is 0.827. The van der Waals surface area contributed by atoms with Crippen LogP contribution in [0.25, 0.3) is 0 Å². The molecule has 1 unspecified atom stereocenters. The molecule has 0 saturated carbocycles. The molecular weight excluding hydrogens is 267 g/mol. The Hall–Kier alpha value is -1.31. The number of rotatable bonds is 3. The number of benzene rings is 1. The molecule has 0 fully saturated rings. The number of nitrogens with one attached hydrogen (secondary N) is 1. The standard InChI is InChI=1S/C10H8F7N/c1-18-8(9(13,14)10(15,16)17)6-3-2-5(11)4-7(6)12/h2-4,8,18H,1H3. The van der Waals surface area contributed by atoms with Crippen molar-refractivity contribution in [2.75, 3.05) is 7.05 Å². The zero-order valence-corrected chi connectivity index (χ0v) is 8.96. The minimum atomic E-state index is -5.85. The van der Waals surface area contributed by atoms with Crippen molar-refractivity contribution in [1.82, 2.24) is 5.32 Å². The summed E-state index contributed by atoms with van der Waals surface area (Å²) in [5.74, 6) is -7.72. The van der Waals surface area contributed by atoms with Crippen LogP contribution < -0.4 is 5.32 Å². The molecule has 1 aromatic carbocycles. The summed E-state index contributed by atoms with van der Waals surface area (Å²) in [6.45, 7) is 0. The van der Waals surface area contributed by atoms with Crippen molar-refractivity contribution in [3.05, 3.63) is 35.4 Å². The van der Waals surface area contributed by atoms with E-state index >= 15 is 0 Å². The van der Waals surface area contributed by atoms with Gasteiger partial charge in [-0.1, -0.05) is 6.07 Å². The lowest BCUT2D eigenvalue weighted by Gasteiger charge is -2.28. The van der Waals surface area contributed by atoms with Gasteiger partial charge < -0.3 is 5.32 Å². The van der Waals surface area contributed by atoms with Gasteiger partial charge in [0.25, 0.3) is 0 Å². The molecular formula is C10H8F7N. The summed E-state index contributed by atoms with van der Waals surface area (Å²) in [6.07, 6.45) is -5.85. The van der Waals surface area contributed by atoms with Gasteiger partial charge in [-0.25, -0.2) is 8.78 Å². The van der Waals surface area contributed by atoms with Crippen LogP contribution in [0.1, 0.15) is 11.6 Å². The summed E-state index contributed by atoms with van der Waals surface area (Å²) in [5, 5.41) is 1.69. The van der Waals surface area contributed by atoms with Gasteiger partial charge in [0, 0.05) is 11.6 Å². The molecule has 0 aliphatic rings. The van der Waals surface area contributed by atoms with Crippen molar-refractivity contribution in [1.29, 1.82) is 0 Å². The van der Waals surface area contributed by atoms with E-state index in [-0.39, 0.29) is 6.07 Å². The quantitative estimate of drug-likeness (QED) is 0.833. The van der Waals surface area contributed by atoms with E-state index in [9.17, 15) is 30.7 Å². The Labute approximate surface area is 97.6 Å². The first-order valence-electron chi connectivity index (χ1n) is 4.68. The lowest BCUT2D eigenvalue weighted by atomic mass is 9.99. The lowest BCUT2D eigenvalue weighted by Crippen LogP contribution is -2.47. The molecule has 0 radical (unpaired) electrons. The maximum atomic E-state index is 13.2. The highest BCUT2D eigenvalue weighted by Gasteiger charge is 2.62. The van der Waals surface area contributed by atoms with Gasteiger partial charge in [0.05, 0.1) is 0 Å². The molecule has 0 amide bonds. The zero-order chi connectivity index (χ0) is 14.1. The fourth-order valence-corrected chi connectivity index (χ4v) is 1.43. The number of halogens is 7. The Balaban J connectivity index is 3.26. The number of hydrogen-bond acceptors (Lipinski definition) is 1. The van der Waals surface area contributed by atoms with Crippen LogP contribution in [0.5, 0.6) is 0 Å². The lowest BCUT2D eigenvalue weighted by molar-refractivity contribution is -0.294. The zero-order valence-electron chi connectivity index (χ0n) is 8.96. The molecule has 1 aromatic rings. The van der Waals surface area contributed by atoms with Crippen molar-refractivity contribution in [3.63, 3.8) is 0 Å². The molecule has 102 valence electrons. The summed E-state index contributed by atoms with van der Waals surface area (Å²) in [6, 6.07) is -1.23. The van der Waals surface area contributed by atoms with E-state index in [1.807, 2.05) is 0 Å². The van der Waals surface area contributed by atoms with Crippen LogP contribution in [0.15, 0.2) is 18.2 Å². The first-order chi connectivity index (χ1) is 8.11. The van der Waals surface area contributed by atoms with Crippen molar-refractivity contribution < 1.29 is 30.7 Å². The van der Waals surface area contributed by atoms with Crippen LogP contribution >= 0.6 is 0 Å². The normalized spacial score (nSPS) is 14.7. The molecule has 8 heteroatoms. The van der Waals surface area contributed by atoms with Crippen molar-refractivity contribution in [3.8, 4) is 0 Å². The van der Waals surface area contributed by atoms with Gasteiger partial charge in [-0.15, -0.1) is 0 Å². The Morgan fingerprint density at radius 2 is 1.61 bits per heavy atom. The molecule has 0 aliphatic carbocycles. The topological polar surface area (TPSA) is 12.0 Å². The van der Waals surface area contributed by atoms with Crippen LogP contribution in [0.4, 0.5) is 30.7 Å². The third-order valence-electron chi connectivity index (χ3n) is 2.30. The second kappa shape index (κ2) is 4.75. The maximum absolute atomic E-state index is 13.2. The minimum Gasteiger partial charge on any atom is -0.308 e. The van der Waals surface area contributed by atoms with E-state index in [4.69, 9.17) is 0 Å². The van der Waals surface area contributed by atoms with Crippen LogP contribution in [-0.2, 0) is 0 Å². The summed E-state index contributed by atoms with van der Waals surface area (Å²) in [4.78, 5) is 0. The summed E-state index contributed by atoms with van der Waals surface area (Å²) < 4.78 is 88.6. The first kappa shape index (κ1) is 14.7. The first-order valence-corrected chi connectivity index (χ1v) is 4.68. The SMILES string of the molecule is CNC(c1ccc(F)cc1F)C(F)(F)C(F)(F)F. The smallest absolute Gasteiger partial charge is 0.308 e. The van der Waals surface area contributed by atoms with E-state index < -0.39 is 35.3 Å². The molecule has 1 nitrogen and oxygen atoms in total. The van der Waals surface area contributed by atoms with Gasteiger partial charge in [0.1, 0.15) is 17.7 Å². The molecule has 0 bridgehead atoms. The largest absolute Gasteiger partial charge is 0.455 e. The van der Waals surface area contributed by atoms with Crippen LogP contribution in [0.2, 0.25) is 0 Å². The Kier molecular flexibility index (Phi) is 3.89. The van der Waals surface area contributed by atoms with Crippen LogP contribution in [-0.4, -0.2) is 19.1 Å². The summed E-state index contributed by atoms with van der Waals surface area (Å²) >= 11 is 0. The van der Waals surface area contributed by atoms with Crippen molar-refractivity contribution in [2.45, 2.75) is 18.1 Å². The molecule has 1 N–H and O–H groups in total. The molecule has 18 heavy (non-hydrogen) atoms. The average Bonchev–Trinajstić information content (AvgIpc) is 2.20. The second-order valence-corrected chi connectivity index (χ2v) is 3.51. The number of alkyl halides is 5. The molecule has 0 spiro atoms.